The Morgan fingerprint density at radius 2 is 1.65 bits per heavy atom. The highest BCUT2D eigenvalue weighted by molar-refractivity contribution is 6.03. The summed E-state index contributed by atoms with van der Waals surface area (Å²) < 4.78 is 18.9. The lowest BCUT2D eigenvalue weighted by molar-refractivity contribution is -0.119. The topological polar surface area (TPSA) is 109 Å². The van der Waals surface area contributed by atoms with Crippen molar-refractivity contribution >= 4 is 28.9 Å². The van der Waals surface area contributed by atoms with Crippen molar-refractivity contribution < 1.29 is 18.7 Å². The SMILES string of the molecule is CC(C)[C@H](NC(=O)OC(C)(C)C)C(=O)Nc1ccc2c(-c3ccncc3)c(-c3ccc(F)cc3)[nH]c2n1. The molecule has 0 aliphatic heterocycles. The van der Waals surface area contributed by atoms with Gasteiger partial charge in [0, 0.05) is 23.3 Å². The van der Waals surface area contributed by atoms with Crippen molar-refractivity contribution in [2.24, 2.45) is 5.92 Å². The highest BCUT2D eigenvalue weighted by Crippen LogP contribution is 2.38. The molecule has 0 radical (unpaired) electrons. The predicted octanol–water partition coefficient (Wildman–Crippen LogP) is 5.92. The smallest absolute Gasteiger partial charge is 0.408 e. The third-order valence-corrected chi connectivity index (χ3v) is 5.63. The molecule has 4 rings (SSSR count). The molecule has 2 amide bonds. The number of halogens is 1. The maximum absolute atomic E-state index is 13.6. The molecule has 3 heterocycles. The van der Waals surface area contributed by atoms with Gasteiger partial charge in [0.25, 0.3) is 0 Å². The maximum Gasteiger partial charge on any atom is 0.408 e. The van der Waals surface area contributed by atoms with Gasteiger partial charge in [-0.15, -0.1) is 0 Å². The Morgan fingerprint density at radius 3 is 2.27 bits per heavy atom. The molecule has 0 bridgehead atoms. The monoisotopic (exact) mass is 503 g/mol. The highest BCUT2D eigenvalue weighted by Gasteiger charge is 2.27. The first-order valence-corrected chi connectivity index (χ1v) is 12.0. The lowest BCUT2D eigenvalue weighted by Crippen LogP contribution is -2.48. The first kappa shape index (κ1) is 25.8. The number of hydrogen-bond donors (Lipinski definition) is 3. The number of H-pyrrole nitrogens is 1. The molecule has 0 fully saturated rings. The Bertz CT molecular complexity index is 1410. The fourth-order valence-corrected chi connectivity index (χ4v) is 3.97. The van der Waals surface area contributed by atoms with E-state index in [1.807, 2.05) is 32.0 Å². The number of ether oxygens (including phenoxy) is 1. The zero-order valence-electron chi connectivity index (χ0n) is 21.4. The first-order valence-electron chi connectivity index (χ1n) is 12.0. The van der Waals surface area contributed by atoms with Crippen LogP contribution in [0, 0.1) is 11.7 Å². The van der Waals surface area contributed by atoms with E-state index in [9.17, 15) is 14.0 Å². The number of nitrogens with zero attached hydrogens (tertiary/aromatic N) is 2. The van der Waals surface area contributed by atoms with Crippen molar-refractivity contribution in [2.75, 3.05) is 5.32 Å². The number of fused-ring (bicyclic) bond motifs is 1. The molecule has 0 saturated carbocycles. The third kappa shape index (κ3) is 6.11. The van der Waals surface area contributed by atoms with Crippen LogP contribution in [0.25, 0.3) is 33.4 Å². The minimum absolute atomic E-state index is 0.190. The number of aromatic nitrogens is 3. The van der Waals surface area contributed by atoms with Crippen molar-refractivity contribution in [3.8, 4) is 22.4 Å². The van der Waals surface area contributed by atoms with Gasteiger partial charge in [0.15, 0.2) is 0 Å². The quantitative estimate of drug-likeness (QED) is 0.303. The van der Waals surface area contributed by atoms with Gasteiger partial charge in [-0.3, -0.25) is 9.78 Å². The summed E-state index contributed by atoms with van der Waals surface area (Å²) >= 11 is 0. The molecule has 0 saturated heterocycles. The van der Waals surface area contributed by atoms with E-state index in [-0.39, 0.29) is 11.7 Å². The van der Waals surface area contributed by atoms with E-state index in [4.69, 9.17) is 4.74 Å². The summed E-state index contributed by atoms with van der Waals surface area (Å²) in [6, 6.07) is 12.7. The molecule has 1 atom stereocenters. The Morgan fingerprint density at radius 1 is 0.973 bits per heavy atom. The van der Waals surface area contributed by atoms with Crippen LogP contribution in [0.1, 0.15) is 34.6 Å². The van der Waals surface area contributed by atoms with Crippen LogP contribution in [0.4, 0.5) is 15.0 Å². The number of carbonyl (C=O) groups is 2. The average Bonchev–Trinajstić information content (AvgIpc) is 3.21. The van der Waals surface area contributed by atoms with E-state index in [2.05, 4.69) is 25.6 Å². The third-order valence-electron chi connectivity index (χ3n) is 5.63. The minimum atomic E-state index is -0.821. The normalized spacial score (nSPS) is 12.4. The fourth-order valence-electron chi connectivity index (χ4n) is 3.97. The molecule has 0 unspecified atom stereocenters. The lowest BCUT2D eigenvalue weighted by atomic mass is 10.00. The van der Waals surface area contributed by atoms with Crippen molar-refractivity contribution in [3.05, 3.63) is 66.7 Å². The number of anilines is 1. The van der Waals surface area contributed by atoms with Gasteiger partial charge >= 0.3 is 6.09 Å². The van der Waals surface area contributed by atoms with Gasteiger partial charge < -0.3 is 20.4 Å². The van der Waals surface area contributed by atoms with Crippen molar-refractivity contribution in [1.29, 1.82) is 0 Å². The van der Waals surface area contributed by atoms with Crippen molar-refractivity contribution in [3.63, 3.8) is 0 Å². The second kappa shape index (κ2) is 10.4. The van der Waals surface area contributed by atoms with Gasteiger partial charge in [0.2, 0.25) is 5.91 Å². The second-order valence-corrected chi connectivity index (χ2v) is 10.1. The van der Waals surface area contributed by atoms with Crippen LogP contribution in [0.2, 0.25) is 0 Å². The van der Waals surface area contributed by atoms with Gasteiger partial charge in [0.1, 0.15) is 28.9 Å². The number of pyridine rings is 2. The van der Waals surface area contributed by atoms with Crippen LogP contribution in [-0.4, -0.2) is 38.6 Å². The summed E-state index contributed by atoms with van der Waals surface area (Å²) in [6.07, 6.45) is 2.74. The van der Waals surface area contributed by atoms with E-state index in [0.29, 0.717) is 11.5 Å². The Kier molecular flexibility index (Phi) is 7.24. The Labute approximate surface area is 214 Å². The molecular weight excluding hydrogens is 473 g/mol. The molecule has 4 aromatic rings. The summed E-state index contributed by atoms with van der Waals surface area (Å²) in [7, 11) is 0. The molecule has 3 aromatic heterocycles. The average molecular weight is 504 g/mol. The number of carbonyl (C=O) groups excluding carboxylic acids is 2. The van der Waals surface area contributed by atoms with Gasteiger partial charge in [-0.25, -0.2) is 14.2 Å². The summed E-state index contributed by atoms with van der Waals surface area (Å²) in [4.78, 5) is 37.4. The van der Waals surface area contributed by atoms with Gasteiger partial charge in [-0.1, -0.05) is 13.8 Å². The van der Waals surface area contributed by atoms with Crippen LogP contribution in [-0.2, 0) is 9.53 Å². The summed E-state index contributed by atoms with van der Waals surface area (Å²) in [5.41, 5.74) is 3.23. The lowest BCUT2D eigenvalue weighted by Gasteiger charge is -2.25. The van der Waals surface area contributed by atoms with Crippen molar-refractivity contribution in [2.45, 2.75) is 46.3 Å². The zero-order valence-corrected chi connectivity index (χ0v) is 21.4. The number of benzene rings is 1. The minimum Gasteiger partial charge on any atom is -0.444 e. The maximum atomic E-state index is 13.6. The van der Waals surface area contributed by atoms with Gasteiger partial charge in [-0.2, -0.15) is 0 Å². The number of amides is 2. The Balaban J connectivity index is 1.66. The Hall–Kier alpha value is -4.27. The molecular formula is C28H30FN5O3. The second-order valence-electron chi connectivity index (χ2n) is 10.1. The summed E-state index contributed by atoms with van der Waals surface area (Å²) in [6.45, 7) is 8.94. The highest BCUT2D eigenvalue weighted by atomic mass is 19.1. The van der Waals surface area contributed by atoms with Crippen LogP contribution < -0.4 is 10.6 Å². The molecule has 0 aliphatic rings. The predicted molar refractivity (Wildman–Crippen MR) is 141 cm³/mol. The van der Waals surface area contributed by atoms with Gasteiger partial charge in [-0.05, 0) is 86.3 Å². The van der Waals surface area contributed by atoms with Crippen LogP contribution in [0.3, 0.4) is 0 Å². The van der Waals surface area contributed by atoms with E-state index < -0.39 is 23.6 Å². The first-order chi connectivity index (χ1) is 17.5. The van der Waals surface area contributed by atoms with E-state index >= 15 is 0 Å². The summed E-state index contributed by atoms with van der Waals surface area (Å²) in [5, 5.41) is 6.27. The van der Waals surface area contributed by atoms with E-state index in [1.54, 1.807) is 51.4 Å². The molecule has 192 valence electrons. The molecule has 9 heteroatoms. The van der Waals surface area contributed by atoms with Gasteiger partial charge in [0.05, 0.1) is 5.69 Å². The molecule has 1 aromatic carbocycles. The molecule has 37 heavy (non-hydrogen) atoms. The standard InChI is InChI=1S/C28H30FN5O3/c1-16(2)23(34-27(36)37-28(3,4)5)26(35)32-21-11-10-20-22(17-12-14-30-15-13-17)24(33-25(20)31-21)18-6-8-19(29)9-7-18/h6-16,23H,1-5H3,(H,34,36)(H2,31,32,33,35)/t23-/m0/s1. The number of hydrogen-bond acceptors (Lipinski definition) is 5. The van der Waals surface area contributed by atoms with Crippen LogP contribution in [0.15, 0.2) is 60.9 Å². The number of alkyl carbamates (subject to hydrolysis) is 1. The number of nitrogens with one attached hydrogen (secondary N) is 3. The van der Waals surface area contributed by atoms with Crippen LogP contribution in [0.5, 0.6) is 0 Å². The molecule has 3 N–H and O–H groups in total. The molecule has 0 spiro atoms. The molecule has 0 aliphatic carbocycles. The van der Waals surface area contributed by atoms with E-state index in [0.717, 1.165) is 27.8 Å². The fraction of sp³-hybridized carbons (Fsp3) is 0.286. The molecule has 8 nitrogen and oxygen atoms in total. The number of aromatic amines is 1. The largest absolute Gasteiger partial charge is 0.444 e. The van der Waals surface area contributed by atoms with Crippen molar-refractivity contribution in [1.82, 2.24) is 20.3 Å². The van der Waals surface area contributed by atoms with E-state index in [1.165, 1.54) is 12.1 Å². The van der Waals surface area contributed by atoms with Crippen LogP contribution >= 0.6 is 0 Å². The number of rotatable bonds is 6. The zero-order chi connectivity index (χ0) is 26.7. The summed E-state index contributed by atoms with van der Waals surface area (Å²) in [5.74, 6) is -0.604.